The summed E-state index contributed by atoms with van der Waals surface area (Å²) < 4.78 is 0. The summed E-state index contributed by atoms with van der Waals surface area (Å²) in [5.74, 6) is 0. The summed E-state index contributed by atoms with van der Waals surface area (Å²) in [5.41, 5.74) is 5.18. The second-order valence-electron chi connectivity index (χ2n) is 7.58. The molecule has 0 unspecified atom stereocenters. The van der Waals surface area contributed by atoms with E-state index in [1.54, 1.807) is 0 Å². The van der Waals surface area contributed by atoms with E-state index < -0.39 is 0 Å². The molecule has 5 heteroatoms. The van der Waals surface area contributed by atoms with E-state index in [0.717, 1.165) is 30.0 Å². The summed E-state index contributed by atoms with van der Waals surface area (Å²) in [6.07, 6.45) is 0. The third-order valence-corrected chi connectivity index (χ3v) is 4.60. The number of aryl methyl sites for hydroxylation is 1. The van der Waals surface area contributed by atoms with E-state index in [9.17, 15) is 4.79 Å². The van der Waals surface area contributed by atoms with Gasteiger partial charge in [-0.1, -0.05) is 32.9 Å². The monoisotopic (exact) mass is 388 g/mol. The number of anilines is 3. The molecule has 0 radical (unpaired) electrons. The number of hydrogen-bond acceptors (Lipinski definition) is 2. The highest BCUT2D eigenvalue weighted by molar-refractivity contribution is 6.00. The van der Waals surface area contributed by atoms with Crippen LogP contribution in [-0.2, 0) is 5.41 Å². The van der Waals surface area contributed by atoms with Crippen molar-refractivity contribution in [2.24, 2.45) is 0 Å². The molecule has 0 aliphatic rings. The van der Waals surface area contributed by atoms with Crippen molar-refractivity contribution in [3.05, 3.63) is 53.6 Å². The molecule has 0 saturated carbocycles. The van der Waals surface area contributed by atoms with E-state index >= 15 is 0 Å². The van der Waals surface area contributed by atoms with Crippen LogP contribution in [0.3, 0.4) is 0 Å². The van der Waals surface area contributed by atoms with Crippen LogP contribution in [0.1, 0.15) is 45.7 Å². The van der Waals surface area contributed by atoms with E-state index in [1.165, 1.54) is 11.3 Å². The Bertz CT molecular complexity index is 747. The molecule has 0 spiro atoms. The number of amides is 2. The average molecular weight is 389 g/mol. The lowest BCUT2D eigenvalue weighted by Gasteiger charge is -2.22. The van der Waals surface area contributed by atoms with Gasteiger partial charge < -0.3 is 27.9 Å². The molecule has 0 aliphatic heterocycles. The fourth-order valence-corrected chi connectivity index (χ4v) is 2.91. The standard InChI is InChI=1S/C22H31N3O.ClH/c1-7-25(8-2)19-13-14-20(16(3)15-19)24-21(26)23-18-11-9-17(10-12-18)22(4,5)6;/h9-15H,7-8H2,1-6H3,(H2,23,24,26);1H/p-1. The van der Waals surface area contributed by atoms with Crippen LogP contribution in [0.25, 0.3) is 0 Å². The predicted molar refractivity (Wildman–Crippen MR) is 113 cm³/mol. The summed E-state index contributed by atoms with van der Waals surface area (Å²) in [4.78, 5) is 14.6. The topological polar surface area (TPSA) is 44.4 Å². The molecule has 2 amide bonds. The third kappa shape index (κ3) is 6.17. The Morgan fingerprint density at radius 3 is 2.04 bits per heavy atom. The average Bonchev–Trinajstić information content (AvgIpc) is 2.58. The fourth-order valence-electron chi connectivity index (χ4n) is 2.91. The molecule has 2 rings (SSSR count). The predicted octanol–water partition coefficient (Wildman–Crippen LogP) is 2.79. The molecular formula is C22H31ClN3O-. The fraction of sp³-hybridized carbons (Fsp3) is 0.409. The van der Waals surface area contributed by atoms with Gasteiger partial charge in [-0.3, -0.25) is 0 Å². The maximum absolute atomic E-state index is 12.3. The SMILES string of the molecule is CCN(CC)c1ccc(NC(=O)Nc2ccc(C(C)(C)C)cc2)c(C)c1.[Cl-]. The number of carbonyl (C=O) groups is 1. The molecule has 2 aromatic carbocycles. The van der Waals surface area contributed by atoms with Crippen LogP contribution in [0.4, 0.5) is 21.9 Å². The van der Waals surface area contributed by atoms with Crippen LogP contribution >= 0.6 is 0 Å². The lowest BCUT2D eigenvalue weighted by Crippen LogP contribution is -3.00. The largest absolute Gasteiger partial charge is 1.00 e. The molecule has 4 nitrogen and oxygen atoms in total. The quantitative estimate of drug-likeness (QED) is 0.827. The molecule has 0 atom stereocenters. The van der Waals surface area contributed by atoms with Gasteiger partial charge in [-0.25, -0.2) is 4.79 Å². The molecule has 148 valence electrons. The Labute approximate surface area is 169 Å². The molecule has 0 aromatic heterocycles. The highest BCUT2D eigenvalue weighted by Gasteiger charge is 2.13. The molecule has 0 fully saturated rings. The maximum Gasteiger partial charge on any atom is 0.323 e. The number of carbonyl (C=O) groups excluding carboxylic acids is 1. The Morgan fingerprint density at radius 1 is 0.963 bits per heavy atom. The lowest BCUT2D eigenvalue weighted by atomic mass is 9.87. The molecule has 2 N–H and O–H groups in total. The van der Waals surface area contributed by atoms with Crippen LogP contribution in [0.5, 0.6) is 0 Å². The summed E-state index contributed by atoms with van der Waals surface area (Å²) in [7, 11) is 0. The Kier molecular flexibility index (Phi) is 8.17. The molecule has 0 heterocycles. The van der Waals surface area contributed by atoms with E-state index in [0.29, 0.717) is 0 Å². The summed E-state index contributed by atoms with van der Waals surface area (Å²) in [6, 6.07) is 13.9. The molecule has 0 bridgehead atoms. The zero-order chi connectivity index (χ0) is 19.3. The first-order valence-corrected chi connectivity index (χ1v) is 9.28. The van der Waals surface area contributed by atoms with Gasteiger partial charge in [-0.05, 0) is 67.6 Å². The van der Waals surface area contributed by atoms with Crippen molar-refractivity contribution in [2.75, 3.05) is 28.6 Å². The van der Waals surface area contributed by atoms with Crippen molar-refractivity contribution in [1.82, 2.24) is 0 Å². The number of rotatable bonds is 5. The van der Waals surface area contributed by atoms with Gasteiger partial charge in [-0.15, -0.1) is 0 Å². The zero-order valence-corrected chi connectivity index (χ0v) is 17.9. The van der Waals surface area contributed by atoms with E-state index in [-0.39, 0.29) is 23.9 Å². The van der Waals surface area contributed by atoms with Crippen LogP contribution in [0, 0.1) is 6.92 Å². The second-order valence-corrected chi connectivity index (χ2v) is 7.58. The van der Waals surface area contributed by atoms with Gasteiger partial charge in [-0.2, -0.15) is 0 Å². The van der Waals surface area contributed by atoms with Crippen molar-refractivity contribution >= 4 is 23.1 Å². The highest BCUT2D eigenvalue weighted by atomic mass is 35.5. The number of benzene rings is 2. The smallest absolute Gasteiger partial charge is 0.323 e. The van der Waals surface area contributed by atoms with Gasteiger partial charge >= 0.3 is 6.03 Å². The Balaban J connectivity index is 0.00000364. The first kappa shape index (κ1) is 22.8. The van der Waals surface area contributed by atoms with Crippen molar-refractivity contribution in [1.29, 1.82) is 0 Å². The molecular weight excluding hydrogens is 358 g/mol. The van der Waals surface area contributed by atoms with Gasteiger partial charge in [0.15, 0.2) is 0 Å². The Hall–Kier alpha value is -2.20. The van der Waals surface area contributed by atoms with Crippen LogP contribution < -0.4 is 27.9 Å². The third-order valence-electron chi connectivity index (χ3n) is 4.60. The minimum Gasteiger partial charge on any atom is -1.00 e. The minimum atomic E-state index is -0.229. The first-order valence-electron chi connectivity index (χ1n) is 9.28. The number of hydrogen-bond donors (Lipinski definition) is 2. The molecule has 0 aliphatic carbocycles. The van der Waals surface area contributed by atoms with E-state index in [2.05, 4.69) is 68.4 Å². The lowest BCUT2D eigenvalue weighted by molar-refractivity contribution is -0.00000882. The van der Waals surface area contributed by atoms with Crippen molar-refractivity contribution < 1.29 is 17.2 Å². The van der Waals surface area contributed by atoms with Crippen molar-refractivity contribution in [2.45, 2.75) is 47.0 Å². The highest BCUT2D eigenvalue weighted by Crippen LogP contribution is 2.25. The van der Waals surface area contributed by atoms with Gasteiger partial charge in [0.25, 0.3) is 0 Å². The number of urea groups is 1. The molecule has 0 saturated heterocycles. The summed E-state index contributed by atoms with van der Waals surface area (Å²) in [6.45, 7) is 14.8. The normalized spacial score (nSPS) is 10.7. The van der Waals surface area contributed by atoms with Gasteiger partial charge in [0.1, 0.15) is 0 Å². The van der Waals surface area contributed by atoms with Crippen molar-refractivity contribution in [3.63, 3.8) is 0 Å². The first-order chi connectivity index (χ1) is 12.2. The molecule has 2 aromatic rings. The number of nitrogens with zero attached hydrogens (tertiary/aromatic N) is 1. The van der Waals surface area contributed by atoms with Crippen LogP contribution in [-0.4, -0.2) is 19.1 Å². The van der Waals surface area contributed by atoms with Crippen LogP contribution in [0.2, 0.25) is 0 Å². The minimum absolute atomic E-state index is 0. The maximum atomic E-state index is 12.3. The van der Waals surface area contributed by atoms with Crippen LogP contribution in [0.15, 0.2) is 42.5 Å². The van der Waals surface area contributed by atoms with E-state index in [4.69, 9.17) is 0 Å². The van der Waals surface area contributed by atoms with Gasteiger partial charge in [0, 0.05) is 30.2 Å². The number of nitrogens with one attached hydrogen (secondary N) is 2. The van der Waals surface area contributed by atoms with E-state index in [1.807, 2.05) is 31.2 Å². The number of halogens is 1. The Morgan fingerprint density at radius 2 is 1.56 bits per heavy atom. The second kappa shape index (κ2) is 9.65. The van der Waals surface area contributed by atoms with Gasteiger partial charge in [0.2, 0.25) is 0 Å². The summed E-state index contributed by atoms with van der Waals surface area (Å²) >= 11 is 0. The van der Waals surface area contributed by atoms with Gasteiger partial charge in [0.05, 0.1) is 0 Å². The summed E-state index contributed by atoms with van der Waals surface area (Å²) in [5, 5.41) is 5.83. The molecule has 27 heavy (non-hydrogen) atoms. The van der Waals surface area contributed by atoms with Crippen molar-refractivity contribution in [3.8, 4) is 0 Å². The zero-order valence-electron chi connectivity index (χ0n) is 17.2.